The van der Waals surface area contributed by atoms with Gasteiger partial charge in [-0.3, -0.25) is 4.79 Å². The monoisotopic (exact) mass is 249 g/mol. The van der Waals surface area contributed by atoms with Crippen molar-refractivity contribution in [2.75, 3.05) is 30.4 Å². The largest absolute Gasteiger partial charge is 0.373 e. The normalized spacial score (nSPS) is 19.6. The van der Waals surface area contributed by atoms with Crippen LogP contribution in [0, 0.1) is 6.92 Å². The van der Waals surface area contributed by atoms with Crippen LogP contribution in [0.25, 0.3) is 0 Å². The molecule has 0 bridgehead atoms. The van der Waals surface area contributed by atoms with Gasteiger partial charge in [0.15, 0.2) is 0 Å². The van der Waals surface area contributed by atoms with Crippen LogP contribution in [0.1, 0.15) is 18.9 Å². The molecule has 0 spiro atoms. The van der Waals surface area contributed by atoms with E-state index in [1.54, 1.807) is 0 Å². The number of piperazine rings is 1. The van der Waals surface area contributed by atoms with E-state index in [0.29, 0.717) is 6.54 Å². The summed E-state index contributed by atoms with van der Waals surface area (Å²) < 4.78 is 0. The Morgan fingerprint density at radius 1 is 1.56 bits per heavy atom. The van der Waals surface area contributed by atoms with Gasteiger partial charge in [-0.1, -0.05) is 6.92 Å². The first-order valence-corrected chi connectivity index (χ1v) is 6.22. The van der Waals surface area contributed by atoms with Crippen LogP contribution in [0.2, 0.25) is 0 Å². The van der Waals surface area contributed by atoms with Crippen LogP contribution < -0.4 is 15.5 Å². The molecule has 2 heterocycles. The topological polar surface area (TPSA) is 70.2 Å². The van der Waals surface area contributed by atoms with E-state index in [2.05, 4.69) is 25.5 Å². The highest BCUT2D eigenvalue weighted by atomic mass is 16.2. The molecule has 1 unspecified atom stereocenters. The van der Waals surface area contributed by atoms with Gasteiger partial charge in [0.05, 0.1) is 0 Å². The van der Waals surface area contributed by atoms with Gasteiger partial charge in [0, 0.05) is 25.7 Å². The van der Waals surface area contributed by atoms with Crippen molar-refractivity contribution in [3.8, 4) is 0 Å². The molecule has 2 N–H and O–H groups in total. The third-order valence-electron chi connectivity index (χ3n) is 3.28. The first-order chi connectivity index (χ1) is 8.69. The second kappa shape index (κ2) is 5.20. The minimum atomic E-state index is -0.142. The molecule has 18 heavy (non-hydrogen) atoms. The van der Waals surface area contributed by atoms with Crippen LogP contribution in [-0.4, -0.2) is 42.1 Å². The van der Waals surface area contributed by atoms with E-state index in [4.69, 9.17) is 0 Å². The quantitative estimate of drug-likeness (QED) is 0.818. The van der Waals surface area contributed by atoms with Gasteiger partial charge in [0.1, 0.15) is 24.0 Å². The molecule has 1 aliphatic heterocycles. The number of aromatic nitrogens is 2. The molecule has 1 saturated heterocycles. The summed E-state index contributed by atoms with van der Waals surface area (Å²) in [4.78, 5) is 22.4. The van der Waals surface area contributed by atoms with E-state index in [1.165, 1.54) is 6.33 Å². The van der Waals surface area contributed by atoms with Crippen molar-refractivity contribution >= 4 is 17.5 Å². The number of carbonyl (C=O) groups excluding carboxylic acids is 1. The van der Waals surface area contributed by atoms with Gasteiger partial charge in [-0.05, 0) is 13.3 Å². The highest BCUT2D eigenvalue weighted by molar-refractivity contribution is 5.86. The van der Waals surface area contributed by atoms with E-state index in [9.17, 15) is 4.79 Å². The standard InChI is InChI=1S/C12H19N5O/c1-4-9-12(18)14-5-6-17(9)11-8(2)10(13-3)15-7-16-11/h7,9H,4-6H2,1-3H3,(H,14,18)(H,13,15,16). The van der Waals surface area contributed by atoms with Gasteiger partial charge in [-0.15, -0.1) is 0 Å². The molecule has 1 aliphatic rings. The van der Waals surface area contributed by atoms with Crippen molar-refractivity contribution in [3.63, 3.8) is 0 Å². The molecule has 6 nitrogen and oxygen atoms in total. The lowest BCUT2D eigenvalue weighted by Gasteiger charge is -2.36. The second-order valence-corrected chi connectivity index (χ2v) is 4.33. The molecule has 6 heteroatoms. The zero-order valence-corrected chi connectivity index (χ0v) is 11.0. The van der Waals surface area contributed by atoms with Gasteiger partial charge >= 0.3 is 0 Å². The second-order valence-electron chi connectivity index (χ2n) is 4.33. The smallest absolute Gasteiger partial charge is 0.242 e. The fourth-order valence-corrected chi connectivity index (χ4v) is 2.36. The van der Waals surface area contributed by atoms with Gasteiger partial charge in [-0.25, -0.2) is 9.97 Å². The minimum absolute atomic E-state index is 0.0766. The Kier molecular flexibility index (Phi) is 3.64. The van der Waals surface area contributed by atoms with Gasteiger partial charge in [0.2, 0.25) is 5.91 Å². The first kappa shape index (κ1) is 12.6. The Morgan fingerprint density at radius 2 is 2.33 bits per heavy atom. The van der Waals surface area contributed by atoms with E-state index in [1.807, 2.05) is 20.9 Å². The van der Waals surface area contributed by atoms with E-state index >= 15 is 0 Å². The molecule has 1 fully saturated rings. The molecule has 98 valence electrons. The number of rotatable bonds is 3. The molecule has 1 amide bonds. The molecular formula is C12H19N5O. The Bertz CT molecular complexity index is 448. The van der Waals surface area contributed by atoms with Gasteiger partial charge < -0.3 is 15.5 Å². The van der Waals surface area contributed by atoms with E-state index in [0.717, 1.165) is 30.2 Å². The summed E-state index contributed by atoms with van der Waals surface area (Å²) in [6.45, 7) is 5.43. The summed E-state index contributed by atoms with van der Waals surface area (Å²) in [6, 6.07) is -0.142. The van der Waals surface area contributed by atoms with Crippen molar-refractivity contribution in [2.24, 2.45) is 0 Å². The van der Waals surface area contributed by atoms with Gasteiger partial charge in [0.25, 0.3) is 0 Å². The molecular weight excluding hydrogens is 230 g/mol. The Balaban J connectivity index is 2.37. The fraction of sp³-hybridized carbons (Fsp3) is 0.583. The molecule has 0 saturated carbocycles. The van der Waals surface area contributed by atoms with Crippen LogP contribution in [-0.2, 0) is 4.79 Å². The predicted molar refractivity (Wildman–Crippen MR) is 70.8 cm³/mol. The maximum absolute atomic E-state index is 11.9. The van der Waals surface area contributed by atoms with E-state index in [-0.39, 0.29) is 11.9 Å². The highest BCUT2D eigenvalue weighted by Crippen LogP contribution is 2.25. The van der Waals surface area contributed by atoms with E-state index < -0.39 is 0 Å². The van der Waals surface area contributed by atoms with Crippen molar-refractivity contribution in [2.45, 2.75) is 26.3 Å². The summed E-state index contributed by atoms with van der Waals surface area (Å²) in [7, 11) is 1.83. The average molecular weight is 249 g/mol. The summed E-state index contributed by atoms with van der Waals surface area (Å²) in [5, 5.41) is 5.93. The summed E-state index contributed by atoms with van der Waals surface area (Å²) in [5.74, 6) is 1.73. The number of amides is 1. The molecule has 1 aromatic heterocycles. The zero-order valence-electron chi connectivity index (χ0n) is 11.0. The number of hydrogen-bond donors (Lipinski definition) is 2. The summed E-state index contributed by atoms with van der Waals surface area (Å²) in [5.41, 5.74) is 0.980. The van der Waals surface area contributed by atoms with Crippen LogP contribution in [0.4, 0.5) is 11.6 Å². The molecule has 0 aromatic carbocycles. The Morgan fingerprint density at radius 3 is 3.00 bits per heavy atom. The average Bonchev–Trinajstić information content (AvgIpc) is 2.39. The third-order valence-corrected chi connectivity index (χ3v) is 3.28. The number of hydrogen-bond acceptors (Lipinski definition) is 5. The molecule has 0 radical (unpaired) electrons. The lowest BCUT2D eigenvalue weighted by Crippen LogP contribution is -2.55. The van der Waals surface area contributed by atoms with Crippen molar-refractivity contribution in [1.82, 2.24) is 15.3 Å². The Hall–Kier alpha value is -1.85. The van der Waals surface area contributed by atoms with Crippen LogP contribution in [0.3, 0.4) is 0 Å². The predicted octanol–water partition coefficient (Wildman–Crippen LogP) is 0.542. The van der Waals surface area contributed by atoms with Crippen molar-refractivity contribution in [1.29, 1.82) is 0 Å². The molecule has 2 rings (SSSR count). The van der Waals surface area contributed by atoms with Gasteiger partial charge in [-0.2, -0.15) is 0 Å². The molecule has 0 aliphatic carbocycles. The zero-order chi connectivity index (χ0) is 13.1. The summed E-state index contributed by atoms with van der Waals surface area (Å²) >= 11 is 0. The maximum atomic E-state index is 11.9. The lowest BCUT2D eigenvalue weighted by molar-refractivity contribution is -0.123. The number of nitrogens with one attached hydrogen (secondary N) is 2. The third kappa shape index (κ3) is 2.10. The lowest BCUT2D eigenvalue weighted by atomic mass is 10.1. The highest BCUT2D eigenvalue weighted by Gasteiger charge is 2.30. The summed E-state index contributed by atoms with van der Waals surface area (Å²) in [6.07, 6.45) is 2.30. The number of nitrogens with zero attached hydrogens (tertiary/aromatic N) is 3. The minimum Gasteiger partial charge on any atom is -0.373 e. The maximum Gasteiger partial charge on any atom is 0.242 e. The number of anilines is 2. The van der Waals surface area contributed by atoms with Crippen LogP contribution in [0.15, 0.2) is 6.33 Å². The first-order valence-electron chi connectivity index (χ1n) is 6.22. The van der Waals surface area contributed by atoms with Crippen LogP contribution >= 0.6 is 0 Å². The fourth-order valence-electron chi connectivity index (χ4n) is 2.36. The molecule has 1 atom stereocenters. The van der Waals surface area contributed by atoms with Crippen molar-refractivity contribution in [3.05, 3.63) is 11.9 Å². The molecule has 1 aromatic rings. The number of carbonyl (C=O) groups is 1. The van der Waals surface area contributed by atoms with Crippen molar-refractivity contribution < 1.29 is 4.79 Å². The Labute approximate surface area is 107 Å². The SMILES string of the molecule is CCC1C(=O)NCCN1c1ncnc(NC)c1C. The van der Waals surface area contributed by atoms with Crippen LogP contribution in [0.5, 0.6) is 0 Å².